The van der Waals surface area contributed by atoms with E-state index in [9.17, 15) is 0 Å². The Labute approximate surface area is 183 Å². The van der Waals surface area contributed by atoms with Gasteiger partial charge in [0.25, 0.3) is 0 Å². The average Bonchev–Trinajstić information content (AvgIpc) is 2.82. The van der Waals surface area contributed by atoms with Crippen molar-refractivity contribution in [2.24, 2.45) is 4.99 Å². The fourth-order valence-electron chi connectivity index (χ4n) is 2.93. The van der Waals surface area contributed by atoms with E-state index in [2.05, 4.69) is 20.6 Å². The van der Waals surface area contributed by atoms with E-state index in [1.54, 1.807) is 20.4 Å². The lowest BCUT2D eigenvalue weighted by Gasteiger charge is -2.14. The van der Waals surface area contributed by atoms with Gasteiger partial charge in [0.05, 0.1) is 13.7 Å². The molecule has 0 atom stereocenters. The normalized spacial score (nSPS) is 11.0. The van der Waals surface area contributed by atoms with Crippen LogP contribution in [-0.2, 0) is 13.1 Å². The number of benzene rings is 2. The topological polar surface area (TPSA) is 77.0 Å². The van der Waals surface area contributed by atoms with Crippen molar-refractivity contribution < 1.29 is 14.2 Å². The number of hydrogen-bond donors (Lipinski definition) is 2. The molecule has 0 fully saturated rings. The molecule has 0 aliphatic heterocycles. The Morgan fingerprint density at radius 2 is 1.61 bits per heavy atom. The fraction of sp³-hybridized carbons (Fsp3) is 0.250. The molecule has 0 aliphatic rings. The lowest BCUT2D eigenvalue weighted by atomic mass is 10.2. The summed E-state index contributed by atoms with van der Waals surface area (Å²) in [6.07, 6.45) is 1.78. The standard InChI is InChI=1S/C24H28N4O3/c1-4-30-21-11-7-8-12-22(21)31-23-14-13-18(15-26-23)16-27-24(25-2)28-17-19-9-5-6-10-20(19)29-3/h5-15H,4,16-17H2,1-3H3,(H2,25,27,28). The van der Waals surface area contributed by atoms with Crippen molar-refractivity contribution in [1.82, 2.24) is 15.6 Å². The first kappa shape index (κ1) is 22.0. The van der Waals surface area contributed by atoms with Crippen LogP contribution in [0.25, 0.3) is 0 Å². The summed E-state index contributed by atoms with van der Waals surface area (Å²) in [6, 6.07) is 19.2. The zero-order valence-electron chi connectivity index (χ0n) is 18.1. The largest absolute Gasteiger partial charge is 0.496 e. The molecule has 0 saturated carbocycles. The zero-order chi connectivity index (χ0) is 21.9. The first-order valence-corrected chi connectivity index (χ1v) is 10.1. The molecule has 162 valence electrons. The maximum atomic E-state index is 5.87. The molecule has 2 N–H and O–H groups in total. The minimum absolute atomic E-state index is 0.509. The van der Waals surface area contributed by atoms with E-state index < -0.39 is 0 Å². The monoisotopic (exact) mass is 420 g/mol. The van der Waals surface area contributed by atoms with Crippen molar-refractivity contribution in [3.63, 3.8) is 0 Å². The Morgan fingerprint density at radius 3 is 2.29 bits per heavy atom. The molecule has 7 nitrogen and oxygen atoms in total. The smallest absolute Gasteiger partial charge is 0.219 e. The number of nitrogens with one attached hydrogen (secondary N) is 2. The highest BCUT2D eigenvalue weighted by Gasteiger charge is 2.07. The SMILES string of the molecule is CCOc1ccccc1Oc1ccc(CNC(=NC)NCc2ccccc2OC)cn1. The quantitative estimate of drug-likeness (QED) is 0.400. The zero-order valence-corrected chi connectivity index (χ0v) is 18.1. The Kier molecular flexibility index (Phi) is 8.11. The first-order valence-electron chi connectivity index (χ1n) is 10.1. The summed E-state index contributed by atoms with van der Waals surface area (Å²) in [5, 5.41) is 6.58. The van der Waals surface area contributed by atoms with E-state index in [4.69, 9.17) is 14.2 Å². The van der Waals surface area contributed by atoms with Crippen LogP contribution in [0.5, 0.6) is 23.1 Å². The second kappa shape index (κ2) is 11.4. The maximum Gasteiger partial charge on any atom is 0.219 e. The van der Waals surface area contributed by atoms with Crippen LogP contribution in [0.4, 0.5) is 0 Å². The third-order valence-corrected chi connectivity index (χ3v) is 4.48. The second-order valence-corrected chi connectivity index (χ2v) is 6.58. The van der Waals surface area contributed by atoms with E-state index in [0.717, 1.165) is 16.9 Å². The Hall–Kier alpha value is -3.74. The summed E-state index contributed by atoms with van der Waals surface area (Å²) >= 11 is 0. The third kappa shape index (κ3) is 6.37. The molecule has 0 unspecified atom stereocenters. The van der Waals surface area contributed by atoms with Crippen molar-refractivity contribution >= 4 is 5.96 Å². The number of methoxy groups -OCH3 is 1. The summed E-state index contributed by atoms with van der Waals surface area (Å²) in [5.74, 6) is 3.38. The van der Waals surface area contributed by atoms with Gasteiger partial charge in [-0.15, -0.1) is 0 Å². The van der Waals surface area contributed by atoms with Gasteiger partial charge in [0, 0.05) is 38.0 Å². The number of nitrogens with zero attached hydrogens (tertiary/aromatic N) is 2. The molecule has 3 aromatic rings. The molecular formula is C24H28N4O3. The Morgan fingerprint density at radius 1 is 0.903 bits per heavy atom. The number of aromatic nitrogens is 1. The van der Waals surface area contributed by atoms with Crippen LogP contribution < -0.4 is 24.8 Å². The van der Waals surface area contributed by atoms with Gasteiger partial charge in [0.1, 0.15) is 5.75 Å². The molecule has 0 radical (unpaired) electrons. The highest BCUT2D eigenvalue weighted by atomic mass is 16.5. The van der Waals surface area contributed by atoms with Crippen LogP contribution in [0, 0.1) is 0 Å². The highest BCUT2D eigenvalue weighted by Crippen LogP contribution is 2.30. The number of guanidine groups is 1. The van der Waals surface area contributed by atoms with E-state index in [-0.39, 0.29) is 0 Å². The van der Waals surface area contributed by atoms with Crippen LogP contribution in [0.1, 0.15) is 18.1 Å². The lowest BCUT2D eigenvalue weighted by molar-refractivity contribution is 0.319. The number of hydrogen-bond acceptors (Lipinski definition) is 5. The van der Waals surface area contributed by atoms with E-state index >= 15 is 0 Å². The minimum atomic E-state index is 0.509. The van der Waals surface area contributed by atoms with Gasteiger partial charge in [0.2, 0.25) is 5.88 Å². The molecule has 7 heteroatoms. The molecule has 0 bridgehead atoms. The van der Waals surface area contributed by atoms with Crippen molar-refractivity contribution in [1.29, 1.82) is 0 Å². The van der Waals surface area contributed by atoms with Crippen LogP contribution in [0.15, 0.2) is 71.9 Å². The highest BCUT2D eigenvalue weighted by molar-refractivity contribution is 5.79. The van der Waals surface area contributed by atoms with Crippen molar-refractivity contribution in [3.05, 3.63) is 78.0 Å². The molecule has 0 saturated heterocycles. The fourth-order valence-corrected chi connectivity index (χ4v) is 2.93. The summed E-state index contributed by atoms with van der Waals surface area (Å²) < 4.78 is 16.8. The average molecular weight is 421 g/mol. The van der Waals surface area contributed by atoms with Crippen LogP contribution in [0.2, 0.25) is 0 Å². The van der Waals surface area contributed by atoms with E-state index in [1.165, 1.54) is 0 Å². The molecule has 0 spiro atoms. The first-order chi connectivity index (χ1) is 15.2. The summed E-state index contributed by atoms with van der Waals surface area (Å²) in [6.45, 7) is 3.70. The number of ether oxygens (including phenoxy) is 3. The Bertz CT molecular complexity index is 990. The van der Waals surface area contributed by atoms with Gasteiger partial charge in [0.15, 0.2) is 17.5 Å². The molecule has 3 rings (SSSR count). The van der Waals surface area contributed by atoms with Crippen molar-refractivity contribution in [2.45, 2.75) is 20.0 Å². The van der Waals surface area contributed by atoms with Crippen LogP contribution >= 0.6 is 0 Å². The summed E-state index contributed by atoms with van der Waals surface area (Å²) in [4.78, 5) is 8.67. The molecule has 1 aromatic heterocycles. The number of aliphatic imine (C=N–C) groups is 1. The third-order valence-electron chi connectivity index (χ3n) is 4.48. The number of rotatable bonds is 9. The van der Waals surface area contributed by atoms with E-state index in [0.29, 0.717) is 43.0 Å². The predicted molar refractivity (Wildman–Crippen MR) is 122 cm³/mol. The predicted octanol–water partition coefficient (Wildman–Crippen LogP) is 4.15. The minimum Gasteiger partial charge on any atom is -0.496 e. The van der Waals surface area contributed by atoms with Crippen LogP contribution in [0.3, 0.4) is 0 Å². The van der Waals surface area contributed by atoms with Gasteiger partial charge in [-0.25, -0.2) is 4.98 Å². The second-order valence-electron chi connectivity index (χ2n) is 6.58. The molecule has 0 amide bonds. The number of para-hydroxylation sites is 3. The van der Waals surface area contributed by atoms with Gasteiger partial charge in [-0.3, -0.25) is 4.99 Å². The molecule has 31 heavy (non-hydrogen) atoms. The molecule has 1 heterocycles. The molecule has 0 aliphatic carbocycles. The summed E-state index contributed by atoms with van der Waals surface area (Å²) in [7, 11) is 3.41. The van der Waals surface area contributed by atoms with Gasteiger partial charge in [-0.2, -0.15) is 0 Å². The van der Waals surface area contributed by atoms with Crippen molar-refractivity contribution in [3.8, 4) is 23.1 Å². The van der Waals surface area contributed by atoms with Gasteiger partial charge in [-0.1, -0.05) is 36.4 Å². The van der Waals surface area contributed by atoms with Gasteiger partial charge < -0.3 is 24.8 Å². The van der Waals surface area contributed by atoms with E-state index in [1.807, 2.05) is 67.6 Å². The van der Waals surface area contributed by atoms with Gasteiger partial charge >= 0.3 is 0 Å². The van der Waals surface area contributed by atoms with Crippen molar-refractivity contribution in [2.75, 3.05) is 20.8 Å². The lowest BCUT2D eigenvalue weighted by Crippen LogP contribution is -2.36. The molecule has 2 aromatic carbocycles. The molecular weight excluding hydrogens is 392 g/mol. The summed E-state index contributed by atoms with van der Waals surface area (Å²) in [5.41, 5.74) is 2.06. The van der Waals surface area contributed by atoms with Gasteiger partial charge in [-0.05, 0) is 30.7 Å². The number of pyridine rings is 1. The Balaban J connectivity index is 1.53. The van der Waals surface area contributed by atoms with Crippen LogP contribution in [-0.4, -0.2) is 31.7 Å². The maximum absolute atomic E-state index is 5.87.